The normalized spacial score (nSPS) is 10.4. The summed E-state index contributed by atoms with van der Waals surface area (Å²) in [6, 6.07) is 16.0. The van der Waals surface area contributed by atoms with Gasteiger partial charge in [0.1, 0.15) is 0 Å². The van der Waals surface area contributed by atoms with Crippen molar-refractivity contribution in [1.82, 2.24) is 0 Å². The van der Waals surface area contributed by atoms with Gasteiger partial charge >= 0.3 is 0 Å². The van der Waals surface area contributed by atoms with Crippen molar-refractivity contribution in [2.24, 2.45) is 5.73 Å². The zero-order valence-corrected chi connectivity index (χ0v) is 11.2. The van der Waals surface area contributed by atoms with Crippen LogP contribution in [0.1, 0.15) is 29.3 Å². The first-order valence-electron chi connectivity index (χ1n) is 6.68. The Morgan fingerprint density at radius 2 is 1.89 bits per heavy atom. The number of hydrogen-bond acceptors (Lipinski definition) is 2. The van der Waals surface area contributed by atoms with Gasteiger partial charge in [0.05, 0.1) is 0 Å². The van der Waals surface area contributed by atoms with E-state index >= 15 is 0 Å². The lowest BCUT2D eigenvalue weighted by atomic mass is 9.94. The van der Waals surface area contributed by atoms with Gasteiger partial charge in [-0.3, -0.25) is 4.79 Å². The smallest absolute Gasteiger partial charge is 0.163 e. The highest BCUT2D eigenvalue weighted by molar-refractivity contribution is 6.02. The van der Waals surface area contributed by atoms with E-state index in [0.717, 1.165) is 23.1 Å². The predicted octanol–water partition coefficient (Wildman–Crippen LogP) is 3.45. The van der Waals surface area contributed by atoms with Gasteiger partial charge in [-0.05, 0) is 29.7 Å². The predicted molar refractivity (Wildman–Crippen MR) is 79.3 cm³/mol. The van der Waals surface area contributed by atoms with Crippen LogP contribution in [-0.2, 0) is 6.42 Å². The van der Waals surface area contributed by atoms with Crippen LogP contribution in [0, 0.1) is 0 Å². The molecule has 0 aromatic heterocycles. The molecule has 0 spiro atoms. The molecule has 0 aliphatic carbocycles. The van der Waals surface area contributed by atoms with E-state index in [-0.39, 0.29) is 5.78 Å². The Bertz CT molecular complexity index is 575. The van der Waals surface area contributed by atoms with Gasteiger partial charge in [-0.1, -0.05) is 55.5 Å². The molecular formula is C17H19NO. The summed E-state index contributed by atoms with van der Waals surface area (Å²) in [5, 5.41) is 0. The maximum Gasteiger partial charge on any atom is 0.163 e. The van der Waals surface area contributed by atoms with Crippen molar-refractivity contribution >= 4 is 5.78 Å². The average molecular weight is 253 g/mol. The first-order chi connectivity index (χ1) is 9.26. The summed E-state index contributed by atoms with van der Waals surface area (Å²) in [6.45, 7) is 2.53. The molecule has 2 aromatic rings. The van der Waals surface area contributed by atoms with Crippen LogP contribution in [0.4, 0.5) is 0 Å². The molecule has 2 rings (SSSR count). The van der Waals surface area contributed by atoms with E-state index in [0.29, 0.717) is 13.0 Å². The van der Waals surface area contributed by atoms with Gasteiger partial charge in [0.15, 0.2) is 5.78 Å². The summed E-state index contributed by atoms with van der Waals surface area (Å²) in [5.41, 5.74) is 9.70. The molecule has 0 aliphatic heterocycles. The minimum Gasteiger partial charge on any atom is -0.330 e. The summed E-state index contributed by atoms with van der Waals surface area (Å²) < 4.78 is 0. The fourth-order valence-electron chi connectivity index (χ4n) is 2.23. The van der Waals surface area contributed by atoms with E-state index in [2.05, 4.69) is 12.1 Å². The fourth-order valence-corrected chi connectivity index (χ4v) is 2.23. The van der Waals surface area contributed by atoms with Gasteiger partial charge in [0.25, 0.3) is 0 Å². The van der Waals surface area contributed by atoms with E-state index in [1.807, 2.05) is 43.3 Å². The molecule has 0 saturated heterocycles. The largest absolute Gasteiger partial charge is 0.330 e. The number of ketones is 1. The lowest BCUT2D eigenvalue weighted by Gasteiger charge is -2.09. The Balaban J connectivity index is 2.46. The van der Waals surface area contributed by atoms with Crippen molar-refractivity contribution in [3.8, 4) is 11.1 Å². The number of benzene rings is 2. The van der Waals surface area contributed by atoms with Crippen molar-refractivity contribution in [2.45, 2.75) is 19.8 Å². The Kier molecular flexibility index (Phi) is 4.48. The molecule has 2 aromatic carbocycles. The highest BCUT2D eigenvalue weighted by Gasteiger charge is 2.10. The summed E-state index contributed by atoms with van der Waals surface area (Å²) in [7, 11) is 0. The minimum absolute atomic E-state index is 0.180. The molecule has 0 saturated carbocycles. The number of hydrogen-bond donors (Lipinski definition) is 1. The highest BCUT2D eigenvalue weighted by atomic mass is 16.1. The van der Waals surface area contributed by atoms with Crippen molar-refractivity contribution in [3.63, 3.8) is 0 Å². The van der Waals surface area contributed by atoms with Crippen LogP contribution < -0.4 is 5.73 Å². The van der Waals surface area contributed by atoms with Gasteiger partial charge in [0.2, 0.25) is 0 Å². The Labute approximate surface area is 114 Å². The SMILES string of the molecule is CCC(=O)c1ccccc1-c1cccc(CCN)c1. The van der Waals surface area contributed by atoms with Crippen LogP contribution in [0.2, 0.25) is 0 Å². The second-order valence-electron chi connectivity index (χ2n) is 4.56. The van der Waals surface area contributed by atoms with Gasteiger partial charge in [-0.25, -0.2) is 0 Å². The second-order valence-corrected chi connectivity index (χ2v) is 4.56. The Hall–Kier alpha value is -1.93. The van der Waals surface area contributed by atoms with Gasteiger partial charge in [-0.2, -0.15) is 0 Å². The molecule has 0 radical (unpaired) electrons. The van der Waals surface area contributed by atoms with E-state index in [9.17, 15) is 4.79 Å². The number of carbonyl (C=O) groups is 1. The van der Waals surface area contributed by atoms with E-state index in [1.54, 1.807) is 0 Å². The molecule has 98 valence electrons. The van der Waals surface area contributed by atoms with Crippen LogP contribution in [0.15, 0.2) is 48.5 Å². The topological polar surface area (TPSA) is 43.1 Å². The van der Waals surface area contributed by atoms with E-state index in [4.69, 9.17) is 5.73 Å². The molecule has 19 heavy (non-hydrogen) atoms. The van der Waals surface area contributed by atoms with Gasteiger partial charge in [0, 0.05) is 12.0 Å². The standard InChI is InChI=1S/C17H19NO/c1-2-17(19)16-9-4-3-8-15(16)14-7-5-6-13(12-14)10-11-18/h3-9,12H,2,10-11,18H2,1H3. The maximum atomic E-state index is 12.0. The summed E-state index contributed by atoms with van der Waals surface area (Å²) in [4.78, 5) is 12.0. The van der Waals surface area contributed by atoms with Gasteiger partial charge in [-0.15, -0.1) is 0 Å². The summed E-state index contributed by atoms with van der Waals surface area (Å²) in [6.07, 6.45) is 1.39. The van der Waals surface area contributed by atoms with Gasteiger partial charge < -0.3 is 5.73 Å². The second kappa shape index (κ2) is 6.30. The third-order valence-electron chi connectivity index (χ3n) is 3.22. The monoisotopic (exact) mass is 253 g/mol. The molecule has 0 atom stereocenters. The number of rotatable bonds is 5. The first-order valence-corrected chi connectivity index (χ1v) is 6.68. The molecule has 0 fully saturated rings. The summed E-state index contributed by atoms with van der Waals surface area (Å²) >= 11 is 0. The third kappa shape index (κ3) is 3.09. The lowest BCUT2D eigenvalue weighted by Crippen LogP contribution is -2.03. The first kappa shape index (κ1) is 13.5. The number of Topliss-reactive ketones (excluding diaryl/α,β-unsaturated/α-hetero) is 1. The summed E-state index contributed by atoms with van der Waals surface area (Å²) in [5.74, 6) is 0.180. The van der Waals surface area contributed by atoms with Crippen LogP contribution in [0.3, 0.4) is 0 Å². The van der Waals surface area contributed by atoms with Crippen LogP contribution >= 0.6 is 0 Å². The molecule has 0 unspecified atom stereocenters. The van der Waals surface area contributed by atoms with Crippen molar-refractivity contribution < 1.29 is 4.79 Å². The molecule has 2 N–H and O–H groups in total. The van der Waals surface area contributed by atoms with E-state index in [1.165, 1.54) is 5.56 Å². The minimum atomic E-state index is 0.180. The van der Waals surface area contributed by atoms with Crippen molar-refractivity contribution in [2.75, 3.05) is 6.54 Å². The molecule has 0 amide bonds. The quantitative estimate of drug-likeness (QED) is 0.829. The number of carbonyl (C=O) groups excluding carboxylic acids is 1. The van der Waals surface area contributed by atoms with Crippen LogP contribution in [-0.4, -0.2) is 12.3 Å². The Morgan fingerprint density at radius 1 is 1.11 bits per heavy atom. The molecular weight excluding hydrogens is 234 g/mol. The fraction of sp³-hybridized carbons (Fsp3) is 0.235. The Morgan fingerprint density at radius 3 is 2.63 bits per heavy atom. The molecule has 0 heterocycles. The zero-order chi connectivity index (χ0) is 13.7. The molecule has 2 heteroatoms. The van der Waals surface area contributed by atoms with Crippen molar-refractivity contribution in [3.05, 3.63) is 59.7 Å². The van der Waals surface area contributed by atoms with Crippen LogP contribution in [0.25, 0.3) is 11.1 Å². The maximum absolute atomic E-state index is 12.0. The third-order valence-corrected chi connectivity index (χ3v) is 3.22. The van der Waals surface area contributed by atoms with E-state index < -0.39 is 0 Å². The highest BCUT2D eigenvalue weighted by Crippen LogP contribution is 2.25. The average Bonchev–Trinajstić information content (AvgIpc) is 2.47. The molecule has 0 aliphatic rings. The lowest BCUT2D eigenvalue weighted by molar-refractivity contribution is 0.0989. The van der Waals surface area contributed by atoms with Crippen LogP contribution in [0.5, 0.6) is 0 Å². The molecule has 0 bridgehead atoms. The number of nitrogens with two attached hydrogens (primary N) is 1. The molecule has 2 nitrogen and oxygen atoms in total. The zero-order valence-electron chi connectivity index (χ0n) is 11.2. The van der Waals surface area contributed by atoms with Crippen molar-refractivity contribution in [1.29, 1.82) is 0 Å².